The Morgan fingerprint density at radius 3 is 2.93 bits per heavy atom. The number of nitrogens with zero attached hydrogens (tertiary/aromatic N) is 3. The zero-order chi connectivity index (χ0) is 10.6. The molecule has 76 valence electrons. The van der Waals surface area contributed by atoms with E-state index in [1.165, 1.54) is 18.0 Å². The highest BCUT2D eigenvalue weighted by atomic mass is 16.5. The normalized spacial score (nSPS) is 9.86. The molecule has 0 atom stereocenters. The first-order chi connectivity index (χ1) is 6.69. The van der Waals surface area contributed by atoms with E-state index in [1.807, 2.05) is 0 Å². The highest BCUT2D eigenvalue weighted by Gasteiger charge is 2.15. The van der Waals surface area contributed by atoms with Crippen LogP contribution in [0.3, 0.4) is 0 Å². The summed E-state index contributed by atoms with van der Waals surface area (Å²) in [5.41, 5.74) is 0. The Hall–Kier alpha value is -1.76. The van der Waals surface area contributed by atoms with Crippen LogP contribution >= 0.6 is 0 Å². The Morgan fingerprint density at radius 1 is 1.64 bits per heavy atom. The SMILES string of the molecule is COC(=O)c1nncn1CC(=O)CO. The van der Waals surface area contributed by atoms with Crippen LogP contribution in [0.25, 0.3) is 0 Å². The van der Waals surface area contributed by atoms with E-state index >= 15 is 0 Å². The van der Waals surface area contributed by atoms with Crippen molar-refractivity contribution in [2.24, 2.45) is 0 Å². The predicted octanol–water partition coefficient (Wildman–Crippen LogP) is -1.37. The second-order valence-electron chi connectivity index (χ2n) is 2.47. The summed E-state index contributed by atoms with van der Waals surface area (Å²) in [6.07, 6.45) is 1.22. The molecule has 0 fully saturated rings. The van der Waals surface area contributed by atoms with Gasteiger partial charge in [0.1, 0.15) is 12.9 Å². The summed E-state index contributed by atoms with van der Waals surface area (Å²) in [5.74, 6) is -1.17. The first kappa shape index (κ1) is 10.3. The molecule has 7 nitrogen and oxygen atoms in total. The van der Waals surface area contributed by atoms with Crippen molar-refractivity contribution >= 4 is 11.8 Å². The number of rotatable bonds is 4. The highest BCUT2D eigenvalue weighted by molar-refractivity contribution is 5.86. The maximum atomic E-state index is 11.0. The molecule has 0 unspecified atom stereocenters. The van der Waals surface area contributed by atoms with E-state index in [0.29, 0.717) is 0 Å². The van der Waals surface area contributed by atoms with Gasteiger partial charge in [0.05, 0.1) is 13.7 Å². The molecule has 14 heavy (non-hydrogen) atoms. The minimum atomic E-state index is -0.673. The van der Waals surface area contributed by atoms with Crippen LogP contribution in [-0.4, -0.2) is 45.3 Å². The van der Waals surface area contributed by atoms with Crippen LogP contribution in [0, 0.1) is 0 Å². The molecular formula is C7H9N3O4. The number of Topliss-reactive ketones (excluding diaryl/α,β-unsaturated/α-hetero) is 1. The van der Waals surface area contributed by atoms with Gasteiger partial charge in [0.2, 0.25) is 5.82 Å². The molecule has 0 aliphatic rings. The number of ether oxygens (including phenoxy) is 1. The molecule has 0 aliphatic heterocycles. The van der Waals surface area contributed by atoms with Crippen molar-refractivity contribution in [1.29, 1.82) is 0 Å². The van der Waals surface area contributed by atoms with Gasteiger partial charge in [0.15, 0.2) is 5.78 Å². The number of aliphatic hydroxyl groups excluding tert-OH is 1. The quantitative estimate of drug-likeness (QED) is 0.601. The molecule has 1 rings (SSSR count). The van der Waals surface area contributed by atoms with Crippen LogP contribution in [0.1, 0.15) is 10.6 Å². The molecule has 0 amide bonds. The number of carbonyl (C=O) groups excluding carboxylic acids is 2. The van der Waals surface area contributed by atoms with Crippen LogP contribution in [0.5, 0.6) is 0 Å². The average molecular weight is 199 g/mol. The lowest BCUT2D eigenvalue weighted by molar-refractivity contribution is -0.122. The molecule has 1 heterocycles. The van der Waals surface area contributed by atoms with Crippen molar-refractivity contribution in [3.05, 3.63) is 12.2 Å². The molecule has 0 saturated carbocycles. The van der Waals surface area contributed by atoms with Gasteiger partial charge >= 0.3 is 5.97 Å². The fourth-order valence-corrected chi connectivity index (χ4v) is 0.860. The van der Waals surface area contributed by atoms with E-state index in [0.717, 1.165) is 0 Å². The summed E-state index contributed by atoms with van der Waals surface area (Å²) in [6, 6.07) is 0. The maximum Gasteiger partial charge on any atom is 0.376 e. The van der Waals surface area contributed by atoms with Gasteiger partial charge in [-0.05, 0) is 0 Å². The lowest BCUT2D eigenvalue weighted by Gasteiger charge is -2.01. The predicted molar refractivity (Wildman–Crippen MR) is 43.5 cm³/mol. The standard InChI is InChI=1S/C7H9N3O4/c1-14-7(13)6-9-8-4-10(6)2-5(12)3-11/h4,11H,2-3H2,1H3. The number of hydrogen-bond donors (Lipinski definition) is 1. The Balaban J connectivity index is 2.82. The van der Waals surface area contributed by atoms with Gasteiger partial charge in [-0.15, -0.1) is 10.2 Å². The Morgan fingerprint density at radius 2 is 2.36 bits per heavy atom. The van der Waals surface area contributed by atoms with Crippen LogP contribution in [0.2, 0.25) is 0 Å². The average Bonchev–Trinajstić information content (AvgIpc) is 2.64. The summed E-state index contributed by atoms with van der Waals surface area (Å²) in [6.45, 7) is -0.729. The zero-order valence-corrected chi connectivity index (χ0v) is 7.51. The second-order valence-corrected chi connectivity index (χ2v) is 2.47. The van der Waals surface area contributed by atoms with Gasteiger partial charge in [-0.3, -0.25) is 4.79 Å². The first-order valence-electron chi connectivity index (χ1n) is 3.77. The topological polar surface area (TPSA) is 94.3 Å². The van der Waals surface area contributed by atoms with Gasteiger partial charge in [0, 0.05) is 0 Å². The van der Waals surface area contributed by atoms with E-state index in [9.17, 15) is 9.59 Å². The van der Waals surface area contributed by atoms with Crippen molar-refractivity contribution in [3.8, 4) is 0 Å². The third kappa shape index (κ3) is 2.13. The molecule has 7 heteroatoms. The fourth-order valence-electron chi connectivity index (χ4n) is 0.860. The third-order valence-electron chi connectivity index (χ3n) is 1.51. The molecule has 0 spiro atoms. The summed E-state index contributed by atoms with van der Waals surface area (Å²) in [5, 5.41) is 15.4. The van der Waals surface area contributed by atoms with E-state index in [4.69, 9.17) is 5.11 Å². The lowest BCUT2D eigenvalue weighted by Crippen LogP contribution is -2.18. The minimum absolute atomic E-state index is 0.0608. The smallest absolute Gasteiger partial charge is 0.376 e. The number of aromatic nitrogens is 3. The largest absolute Gasteiger partial charge is 0.463 e. The number of ketones is 1. The molecular weight excluding hydrogens is 190 g/mol. The molecule has 1 aromatic heterocycles. The van der Waals surface area contributed by atoms with Gasteiger partial charge in [-0.25, -0.2) is 4.79 Å². The summed E-state index contributed by atoms with van der Waals surface area (Å²) >= 11 is 0. The molecule has 0 saturated heterocycles. The third-order valence-corrected chi connectivity index (χ3v) is 1.51. The van der Waals surface area contributed by atoms with Gasteiger partial charge < -0.3 is 14.4 Å². The number of esters is 1. The van der Waals surface area contributed by atoms with Crippen LogP contribution in [-0.2, 0) is 16.1 Å². The van der Waals surface area contributed by atoms with Gasteiger partial charge in [-0.1, -0.05) is 0 Å². The highest BCUT2D eigenvalue weighted by Crippen LogP contribution is 1.97. The number of methoxy groups -OCH3 is 1. The number of carbonyl (C=O) groups is 2. The fraction of sp³-hybridized carbons (Fsp3) is 0.429. The van der Waals surface area contributed by atoms with Gasteiger partial charge in [0.25, 0.3) is 0 Å². The van der Waals surface area contributed by atoms with Crippen LogP contribution in [0.15, 0.2) is 6.33 Å². The molecule has 1 aromatic rings. The minimum Gasteiger partial charge on any atom is -0.463 e. The molecule has 0 aromatic carbocycles. The van der Waals surface area contributed by atoms with Crippen LogP contribution < -0.4 is 0 Å². The molecule has 0 bridgehead atoms. The number of hydrogen-bond acceptors (Lipinski definition) is 6. The van der Waals surface area contributed by atoms with E-state index in [2.05, 4.69) is 14.9 Å². The van der Waals surface area contributed by atoms with Crippen molar-refractivity contribution in [3.63, 3.8) is 0 Å². The Labute approximate surface area is 79.3 Å². The van der Waals surface area contributed by atoms with Gasteiger partial charge in [-0.2, -0.15) is 0 Å². The van der Waals surface area contributed by atoms with E-state index in [1.54, 1.807) is 0 Å². The monoisotopic (exact) mass is 199 g/mol. The molecule has 0 radical (unpaired) electrons. The molecule has 1 N–H and O–H groups in total. The van der Waals surface area contributed by atoms with E-state index < -0.39 is 18.4 Å². The van der Waals surface area contributed by atoms with E-state index in [-0.39, 0.29) is 12.4 Å². The van der Waals surface area contributed by atoms with Crippen molar-refractivity contribution in [1.82, 2.24) is 14.8 Å². The molecule has 0 aliphatic carbocycles. The summed E-state index contributed by atoms with van der Waals surface area (Å²) < 4.78 is 5.63. The number of aliphatic hydroxyl groups is 1. The van der Waals surface area contributed by atoms with Crippen molar-refractivity contribution in [2.45, 2.75) is 6.54 Å². The first-order valence-corrected chi connectivity index (χ1v) is 3.77. The van der Waals surface area contributed by atoms with Crippen molar-refractivity contribution < 1.29 is 19.4 Å². The lowest BCUT2D eigenvalue weighted by atomic mass is 10.4. The van der Waals surface area contributed by atoms with Crippen molar-refractivity contribution in [2.75, 3.05) is 13.7 Å². The van der Waals surface area contributed by atoms with Crippen LogP contribution in [0.4, 0.5) is 0 Å². The Bertz CT molecular complexity index is 346. The second kappa shape index (κ2) is 4.47. The zero-order valence-electron chi connectivity index (χ0n) is 7.51. The maximum absolute atomic E-state index is 11.0. The summed E-state index contributed by atoms with van der Waals surface area (Å²) in [7, 11) is 1.20. The Kier molecular flexibility index (Phi) is 3.29. The summed E-state index contributed by atoms with van der Waals surface area (Å²) in [4.78, 5) is 21.9.